The van der Waals surface area contributed by atoms with Crippen molar-refractivity contribution in [3.05, 3.63) is 0 Å². The molecule has 1 unspecified atom stereocenters. The molecule has 2 saturated carbocycles. The Morgan fingerprint density at radius 2 is 2.12 bits per heavy atom. The van der Waals surface area contributed by atoms with E-state index in [0.717, 1.165) is 25.2 Å². The minimum absolute atomic E-state index is 0.109. The van der Waals surface area contributed by atoms with Crippen molar-refractivity contribution in [2.24, 2.45) is 16.6 Å². The molecule has 0 radical (unpaired) electrons. The zero-order valence-corrected chi connectivity index (χ0v) is 9.78. The second kappa shape index (κ2) is 3.22. The number of hydrogen-bond donors (Lipinski definition) is 1. The minimum Gasteiger partial charge on any atom is -0.385 e. The Kier molecular flexibility index (Phi) is 2.03. The second-order valence-corrected chi connectivity index (χ2v) is 5.66. The summed E-state index contributed by atoms with van der Waals surface area (Å²) < 4.78 is 0. The number of amides is 2. The zero-order chi connectivity index (χ0) is 11.3. The summed E-state index contributed by atoms with van der Waals surface area (Å²) in [6.07, 6.45) is 7.15. The molecule has 0 aromatic carbocycles. The highest BCUT2D eigenvalue weighted by Crippen LogP contribution is 2.43. The van der Waals surface area contributed by atoms with Crippen molar-refractivity contribution in [1.82, 2.24) is 4.90 Å². The van der Waals surface area contributed by atoms with Gasteiger partial charge in [0.05, 0.1) is 5.54 Å². The predicted molar refractivity (Wildman–Crippen MR) is 62.2 cm³/mol. The van der Waals surface area contributed by atoms with Crippen LogP contribution in [0.3, 0.4) is 0 Å². The molecule has 0 spiro atoms. The first-order valence-electron chi connectivity index (χ1n) is 6.29. The SMILES string of the molecule is CC1(CC2CCC2)C(N)=NC(=O)N1C1CC1. The van der Waals surface area contributed by atoms with Crippen molar-refractivity contribution in [1.29, 1.82) is 0 Å². The summed E-state index contributed by atoms with van der Waals surface area (Å²) in [5.41, 5.74) is 5.69. The fraction of sp³-hybridized carbons (Fsp3) is 0.833. The van der Waals surface area contributed by atoms with Gasteiger partial charge >= 0.3 is 6.03 Å². The van der Waals surface area contributed by atoms with Crippen LogP contribution in [0.25, 0.3) is 0 Å². The van der Waals surface area contributed by atoms with Crippen LogP contribution in [0.5, 0.6) is 0 Å². The van der Waals surface area contributed by atoms with E-state index in [-0.39, 0.29) is 11.6 Å². The van der Waals surface area contributed by atoms with Gasteiger partial charge in [-0.25, -0.2) is 4.79 Å². The lowest BCUT2D eigenvalue weighted by Crippen LogP contribution is -2.54. The number of nitrogens with zero attached hydrogens (tertiary/aromatic N) is 2. The average molecular weight is 221 g/mol. The fourth-order valence-electron chi connectivity index (χ4n) is 2.97. The molecule has 2 fully saturated rings. The third kappa shape index (κ3) is 1.35. The van der Waals surface area contributed by atoms with Crippen LogP contribution in [-0.2, 0) is 0 Å². The minimum atomic E-state index is -0.288. The van der Waals surface area contributed by atoms with Crippen LogP contribution < -0.4 is 5.73 Å². The molecule has 3 rings (SSSR count). The van der Waals surface area contributed by atoms with Crippen LogP contribution in [0.4, 0.5) is 4.79 Å². The Morgan fingerprint density at radius 3 is 2.62 bits per heavy atom. The monoisotopic (exact) mass is 221 g/mol. The van der Waals surface area contributed by atoms with Crippen LogP contribution in [0.2, 0.25) is 0 Å². The zero-order valence-electron chi connectivity index (χ0n) is 9.78. The van der Waals surface area contributed by atoms with Crippen LogP contribution in [0, 0.1) is 5.92 Å². The molecule has 1 aliphatic heterocycles. The van der Waals surface area contributed by atoms with Gasteiger partial charge in [-0.1, -0.05) is 19.3 Å². The molecule has 0 aromatic rings. The molecule has 0 aromatic heterocycles. The maximum atomic E-state index is 11.8. The summed E-state index contributed by atoms with van der Waals surface area (Å²) in [5, 5.41) is 0. The van der Waals surface area contributed by atoms with E-state index in [1.165, 1.54) is 19.3 Å². The van der Waals surface area contributed by atoms with E-state index in [2.05, 4.69) is 11.9 Å². The van der Waals surface area contributed by atoms with Crippen molar-refractivity contribution in [2.45, 2.75) is 57.0 Å². The Hall–Kier alpha value is -1.06. The van der Waals surface area contributed by atoms with Gasteiger partial charge in [-0.15, -0.1) is 0 Å². The standard InChI is InChI=1S/C12H19N3O/c1-12(7-8-3-2-4-8)10(13)14-11(16)15(12)9-5-6-9/h8-9H,2-7H2,1H3,(H2,13,14,16). The Morgan fingerprint density at radius 1 is 1.44 bits per heavy atom. The molecule has 4 heteroatoms. The maximum absolute atomic E-state index is 11.8. The van der Waals surface area contributed by atoms with Gasteiger partial charge in [0.2, 0.25) is 0 Å². The van der Waals surface area contributed by atoms with Crippen LogP contribution in [0.1, 0.15) is 45.4 Å². The molecule has 88 valence electrons. The predicted octanol–water partition coefficient (Wildman–Crippen LogP) is 1.89. The Labute approximate surface area is 95.9 Å². The van der Waals surface area contributed by atoms with Gasteiger partial charge in [-0.3, -0.25) is 0 Å². The number of urea groups is 1. The number of hydrogen-bond acceptors (Lipinski definition) is 2. The molecular weight excluding hydrogens is 202 g/mol. The molecule has 2 N–H and O–H groups in total. The van der Waals surface area contributed by atoms with Gasteiger partial charge in [0, 0.05) is 6.04 Å². The summed E-state index contributed by atoms with van der Waals surface area (Å²) in [5.74, 6) is 1.28. The smallest absolute Gasteiger partial charge is 0.346 e. The first-order chi connectivity index (χ1) is 7.61. The third-order valence-corrected chi connectivity index (χ3v) is 4.33. The first kappa shape index (κ1) is 10.1. The lowest BCUT2D eigenvalue weighted by atomic mass is 9.75. The normalized spacial score (nSPS) is 35.2. The molecule has 4 nitrogen and oxygen atoms in total. The number of carbonyl (C=O) groups is 1. The summed E-state index contributed by atoms with van der Waals surface area (Å²) >= 11 is 0. The van der Waals surface area contributed by atoms with E-state index in [1.807, 2.05) is 4.90 Å². The molecule has 2 aliphatic carbocycles. The van der Waals surface area contributed by atoms with Gasteiger partial charge in [-0.05, 0) is 32.1 Å². The molecular formula is C12H19N3O. The Balaban J connectivity index is 1.82. The lowest BCUT2D eigenvalue weighted by Gasteiger charge is -2.40. The first-order valence-corrected chi connectivity index (χ1v) is 6.29. The summed E-state index contributed by atoms with van der Waals surface area (Å²) in [4.78, 5) is 17.8. The summed E-state index contributed by atoms with van der Waals surface area (Å²) in [6.45, 7) is 2.09. The largest absolute Gasteiger partial charge is 0.385 e. The van der Waals surface area contributed by atoms with E-state index >= 15 is 0 Å². The lowest BCUT2D eigenvalue weighted by molar-refractivity contribution is 0.138. The second-order valence-electron chi connectivity index (χ2n) is 5.66. The number of nitrogens with two attached hydrogens (primary N) is 1. The molecule has 16 heavy (non-hydrogen) atoms. The molecule has 1 atom stereocenters. The summed E-state index contributed by atoms with van der Waals surface area (Å²) in [7, 11) is 0. The highest BCUT2D eigenvalue weighted by atomic mass is 16.2. The van der Waals surface area contributed by atoms with Crippen LogP contribution in [-0.4, -0.2) is 28.3 Å². The van der Waals surface area contributed by atoms with Crippen molar-refractivity contribution < 1.29 is 4.79 Å². The average Bonchev–Trinajstić information content (AvgIpc) is 2.92. The highest BCUT2D eigenvalue weighted by molar-refractivity contribution is 6.05. The van der Waals surface area contributed by atoms with E-state index in [4.69, 9.17) is 5.73 Å². The van der Waals surface area contributed by atoms with E-state index in [1.54, 1.807) is 0 Å². The molecule has 2 amide bonds. The van der Waals surface area contributed by atoms with Gasteiger partial charge in [0.15, 0.2) is 0 Å². The fourth-order valence-corrected chi connectivity index (χ4v) is 2.97. The third-order valence-electron chi connectivity index (χ3n) is 4.33. The number of aliphatic imine (C=N–C) groups is 1. The maximum Gasteiger partial charge on any atom is 0.346 e. The topological polar surface area (TPSA) is 58.7 Å². The number of carbonyl (C=O) groups excluding carboxylic acids is 1. The summed E-state index contributed by atoms with van der Waals surface area (Å²) in [6, 6.07) is 0.296. The van der Waals surface area contributed by atoms with Crippen molar-refractivity contribution in [3.8, 4) is 0 Å². The highest BCUT2D eigenvalue weighted by Gasteiger charge is 2.51. The van der Waals surface area contributed by atoms with Gasteiger partial charge in [0.1, 0.15) is 5.84 Å². The van der Waals surface area contributed by atoms with Crippen molar-refractivity contribution in [3.63, 3.8) is 0 Å². The van der Waals surface area contributed by atoms with Crippen LogP contribution in [0.15, 0.2) is 4.99 Å². The quantitative estimate of drug-likeness (QED) is 0.791. The van der Waals surface area contributed by atoms with Crippen molar-refractivity contribution >= 4 is 11.9 Å². The van der Waals surface area contributed by atoms with Gasteiger partial charge in [0.25, 0.3) is 0 Å². The van der Waals surface area contributed by atoms with Crippen molar-refractivity contribution in [2.75, 3.05) is 0 Å². The molecule has 0 bridgehead atoms. The molecule has 0 saturated heterocycles. The number of amidine groups is 1. The Bertz CT molecular complexity index is 357. The van der Waals surface area contributed by atoms with E-state index in [9.17, 15) is 4.79 Å². The van der Waals surface area contributed by atoms with Gasteiger partial charge in [-0.2, -0.15) is 4.99 Å². The number of rotatable bonds is 3. The molecule has 1 heterocycles. The van der Waals surface area contributed by atoms with Crippen LogP contribution >= 0.6 is 0 Å². The van der Waals surface area contributed by atoms with Gasteiger partial charge < -0.3 is 10.6 Å². The molecule has 3 aliphatic rings. The van der Waals surface area contributed by atoms with E-state index in [0.29, 0.717) is 11.9 Å². The van der Waals surface area contributed by atoms with E-state index < -0.39 is 0 Å².